The van der Waals surface area contributed by atoms with E-state index in [0.717, 1.165) is 23.7 Å². The first-order valence-electron chi connectivity index (χ1n) is 11.2. The van der Waals surface area contributed by atoms with E-state index < -0.39 is 10.8 Å². The van der Waals surface area contributed by atoms with Crippen molar-refractivity contribution in [3.63, 3.8) is 0 Å². The molecule has 0 atom stereocenters. The Morgan fingerprint density at radius 2 is 1.81 bits per heavy atom. The number of piperazine rings is 1. The average molecular weight is 556 g/mol. The van der Waals surface area contributed by atoms with Gasteiger partial charge in [-0.1, -0.05) is 23.7 Å². The van der Waals surface area contributed by atoms with E-state index in [9.17, 15) is 19.7 Å². The maximum Gasteiger partial charge on any atom is 0.288 e. The van der Waals surface area contributed by atoms with E-state index in [2.05, 4.69) is 15.5 Å². The summed E-state index contributed by atoms with van der Waals surface area (Å²) in [5.74, 6) is -0.407. The smallest absolute Gasteiger partial charge is 0.288 e. The molecule has 0 bridgehead atoms. The highest BCUT2D eigenvalue weighted by Gasteiger charge is 2.22. The summed E-state index contributed by atoms with van der Waals surface area (Å²) in [4.78, 5) is 40.0. The Morgan fingerprint density at radius 1 is 1.08 bits per heavy atom. The summed E-state index contributed by atoms with van der Waals surface area (Å²) in [5.41, 5.74) is 1.96. The molecule has 1 aliphatic heterocycles. The highest BCUT2D eigenvalue weighted by molar-refractivity contribution is 7.80. The zero-order valence-corrected chi connectivity index (χ0v) is 21.8. The number of thiocarbonyl (C=S) groups is 1. The third kappa shape index (κ3) is 6.91. The van der Waals surface area contributed by atoms with Gasteiger partial charge in [-0.3, -0.25) is 25.0 Å². The van der Waals surface area contributed by atoms with Gasteiger partial charge in [0.05, 0.1) is 9.80 Å². The van der Waals surface area contributed by atoms with Crippen LogP contribution in [0.25, 0.3) is 6.08 Å². The van der Waals surface area contributed by atoms with Crippen molar-refractivity contribution in [2.45, 2.75) is 0 Å². The van der Waals surface area contributed by atoms with Crippen LogP contribution < -0.4 is 15.5 Å². The Balaban J connectivity index is 1.25. The molecule has 0 spiro atoms. The quantitative estimate of drug-likeness (QED) is 0.195. The molecule has 9 nitrogen and oxygen atoms in total. The van der Waals surface area contributed by atoms with Crippen LogP contribution in [0.4, 0.5) is 17.1 Å². The monoisotopic (exact) mass is 555 g/mol. The topological polar surface area (TPSA) is 108 Å². The van der Waals surface area contributed by atoms with E-state index in [1.807, 2.05) is 46.7 Å². The summed E-state index contributed by atoms with van der Waals surface area (Å²) >= 11 is 12.5. The molecular weight excluding hydrogens is 534 g/mol. The molecule has 1 aliphatic rings. The minimum absolute atomic E-state index is 0.0227. The third-order valence-electron chi connectivity index (χ3n) is 5.62. The first-order chi connectivity index (χ1) is 17.8. The number of nitrogens with zero attached hydrogens (tertiary/aromatic N) is 3. The Labute approximate surface area is 227 Å². The number of carbonyl (C=O) groups is 2. The average Bonchev–Trinajstić information content (AvgIpc) is 3.43. The van der Waals surface area contributed by atoms with Gasteiger partial charge in [0.1, 0.15) is 5.02 Å². The van der Waals surface area contributed by atoms with Crippen LogP contribution in [0.1, 0.15) is 15.2 Å². The first kappa shape index (κ1) is 26.3. The number of hydrogen-bond acceptors (Lipinski definition) is 7. The van der Waals surface area contributed by atoms with Gasteiger partial charge in [0.15, 0.2) is 5.11 Å². The number of halogens is 1. The Bertz CT molecular complexity index is 1340. The lowest BCUT2D eigenvalue weighted by Crippen LogP contribution is -2.48. The Morgan fingerprint density at radius 3 is 2.46 bits per heavy atom. The lowest BCUT2D eigenvalue weighted by Gasteiger charge is -2.36. The zero-order valence-electron chi connectivity index (χ0n) is 19.4. The van der Waals surface area contributed by atoms with Gasteiger partial charge in [-0.2, -0.15) is 0 Å². The number of rotatable bonds is 6. The van der Waals surface area contributed by atoms with E-state index in [4.69, 9.17) is 23.8 Å². The summed E-state index contributed by atoms with van der Waals surface area (Å²) < 4.78 is 0. The zero-order chi connectivity index (χ0) is 26.4. The third-order valence-corrected chi connectivity index (χ3v) is 7.00. The second-order valence-corrected chi connectivity index (χ2v) is 9.81. The number of hydrogen-bond donors (Lipinski definition) is 2. The largest absolute Gasteiger partial charge is 0.368 e. The molecule has 12 heteroatoms. The van der Waals surface area contributed by atoms with Crippen LogP contribution in [0.2, 0.25) is 5.02 Å². The fourth-order valence-corrected chi connectivity index (χ4v) is 4.84. The second-order valence-electron chi connectivity index (χ2n) is 8.05. The number of nitro groups is 1. The van der Waals surface area contributed by atoms with Crippen molar-refractivity contribution in [2.24, 2.45) is 0 Å². The van der Waals surface area contributed by atoms with E-state index >= 15 is 0 Å². The van der Waals surface area contributed by atoms with Gasteiger partial charge in [0, 0.05) is 49.7 Å². The number of anilines is 2. The van der Waals surface area contributed by atoms with Crippen molar-refractivity contribution in [2.75, 3.05) is 36.4 Å². The maximum atomic E-state index is 12.5. The summed E-state index contributed by atoms with van der Waals surface area (Å²) in [6, 6.07) is 15.6. The van der Waals surface area contributed by atoms with Crippen molar-refractivity contribution >= 4 is 75.2 Å². The Kier molecular flexibility index (Phi) is 8.49. The predicted molar refractivity (Wildman–Crippen MR) is 150 cm³/mol. The molecule has 0 unspecified atom stereocenters. The molecule has 2 heterocycles. The van der Waals surface area contributed by atoms with Crippen LogP contribution in [0.3, 0.4) is 0 Å². The number of benzene rings is 2. The van der Waals surface area contributed by atoms with E-state index in [-0.39, 0.29) is 21.7 Å². The molecule has 4 rings (SSSR count). The molecule has 2 amide bonds. The number of amides is 2. The molecule has 0 aliphatic carbocycles. The molecule has 190 valence electrons. The molecule has 1 saturated heterocycles. The molecule has 37 heavy (non-hydrogen) atoms. The maximum absolute atomic E-state index is 12.5. The molecular formula is C25H22ClN5O4S2. The van der Waals surface area contributed by atoms with Crippen molar-refractivity contribution in [3.8, 4) is 0 Å². The minimum Gasteiger partial charge on any atom is -0.368 e. The summed E-state index contributed by atoms with van der Waals surface area (Å²) in [5, 5.41) is 18.5. The molecule has 1 fully saturated rings. The van der Waals surface area contributed by atoms with Crippen LogP contribution in [-0.4, -0.2) is 52.9 Å². The number of thiophene rings is 1. The number of carbonyl (C=O) groups excluding carboxylic acids is 2. The standard InChI is InChI=1S/C25H22ClN5O4S2/c26-20-9-3-17(16-21(20)31(34)35)4-10-23(32)28-25(36)27-18-5-7-19(8-6-18)29-11-13-30(14-12-29)24(33)22-2-1-15-37-22/h1-10,15-16H,11-14H2,(H2,27,28,32,36). The van der Waals surface area contributed by atoms with Gasteiger partial charge in [-0.05, 0) is 65.6 Å². The van der Waals surface area contributed by atoms with Gasteiger partial charge >= 0.3 is 0 Å². The van der Waals surface area contributed by atoms with Crippen molar-refractivity contribution in [1.82, 2.24) is 10.2 Å². The van der Waals surface area contributed by atoms with Gasteiger partial charge in [0.25, 0.3) is 11.6 Å². The van der Waals surface area contributed by atoms with Crippen LogP contribution in [0, 0.1) is 10.1 Å². The highest BCUT2D eigenvalue weighted by Crippen LogP contribution is 2.25. The highest BCUT2D eigenvalue weighted by atomic mass is 35.5. The van der Waals surface area contributed by atoms with Crippen LogP contribution in [-0.2, 0) is 4.79 Å². The summed E-state index contributed by atoms with van der Waals surface area (Å²) in [7, 11) is 0. The molecule has 3 aromatic rings. The molecule has 1 aromatic heterocycles. The fourth-order valence-electron chi connectivity index (χ4n) is 3.74. The molecule has 0 radical (unpaired) electrons. The first-order valence-corrected chi connectivity index (χ1v) is 12.9. The van der Waals surface area contributed by atoms with Crippen molar-refractivity contribution in [1.29, 1.82) is 0 Å². The summed E-state index contributed by atoms with van der Waals surface area (Å²) in [6.07, 6.45) is 2.66. The number of nitrogens with one attached hydrogen (secondary N) is 2. The van der Waals surface area contributed by atoms with Crippen LogP contribution in [0.15, 0.2) is 66.1 Å². The van der Waals surface area contributed by atoms with E-state index in [1.165, 1.54) is 35.6 Å². The van der Waals surface area contributed by atoms with Crippen molar-refractivity contribution in [3.05, 3.63) is 91.6 Å². The van der Waals surface area contributed by atoms with Crippen molar-refractivity contribution < 1.29 is 14.5 Å². The van der Waals surface area contributed by atoms with Crippen LogP contribution >= 0.6 is 35.2 Å². The van der Waals surface area contributed by atoms with Gasteiger partial charge in [0.2, 0.25) is 5.91 Å². The predicted octanol–water partition coefficient (Wildman–Crippen LogP) is 4.80. The van der Waals surface area contributed by atoms with E-state index in [1.54, 1.807) is 6.07 Å². The van der Waals surface area contributed by atoms with Gasteiger partial charge in [-0.25, -0.2) is 0 Å². The van der Waals surface area contributed by atoms with E-state index in [0.29, 0.717) is 24.3 Å². The minimum atomic E-state index is -0.586. The van der Waals surface area contributed by atoms with Gasteiger partial charge < -0.3 is 15.1 Å². The second kappa shape index (κ2) is 12.0. The van der Waals surface area contributed by atoms with Gasteiger partial charge in [-0.15, -0.1) is 11.3 Å². The molecule has 0 saturated carbocycles. The SMILES string of the molecule is O=C(C=Cc1ccc(Cl)c([N+](=O)[O-])c1)NC(=S)Nc1ccc(N2CCN(C(=O)c3cccs3)CC2)cc1. The fraction of sp³-hybridized carbons (Fsp3) is 0.160. The normalized spacial score (nSPS) is 13.4. The molecule has 2 N–H and O–H groups in total. The molecule has 2 aromatic carbocycles. The number of nitro benzene ring substituents is 1. The Hall–Kier alpha value is -3.80. The lowest BCUT2D eigenvalue weighted by atomic mass is 10.2. The lowest BCUT2D eigenvalue weighted by molar-refractivity contribution is -0.384. The summed E-state index contributed by atoms with van der Waals surface area (Å²) in [6.45, 7) is 2.79. The van der Waals surface area contributed by atoms with Crippen LogP contribution in [0.5, 0.6) is 0 Å².